The number of carbonyl (C=O) groups is 2. The lowest BCUT2D eigenvalue weighted by Gasteiger charge is -2.09. The summed E-state index contributed by atoms with van der Waals surface area (Å²) in [6.45, 7) is 3.81. The molecule has 0 saturated carbocycles. The molecule has 0 aliphatic carbocycles. The first-order chi connectivity index (χ1) is 14.9. The Morgan fingerprint density at radius 1 is 0.871 bits per heavy atom. The highest BCUT2D eigenvalue weighted by Crippen LogP contribution is 2.31. The van der Waals surface area contributed by atoms with Gasteiger partial charge in [-0.3, -0.25) is 10.1 Å². The molecule has 3 N–H and O–H groups in total. The molecule has 1 heterocycles. The Hall–Kier alpha value is -3.42. The van der Waals surface area contributed by atoms with E-state index in [9.17, 15) is 9.59 Å². The van der Waals surface area contributed by atoms with E-state index in [-0.39, 0.29) is 11.9 Å². The first-order valence-electron chi connectivity index (χ1n) is 9.51. The van der Waals surface area contributed by atoms with Crippen molar-refractivity contribution in [3.05, 3.63) is 82.4 Å². The minimum absolute atomic E-state index is 0.216. The Bertz CT molecular complexity index is 1290. The number of anilines is 3. The van der Waals surface area contributed by atoms with Gasteiger partial charge in [-0.25, -0.2) is 9.78 Å². The van der Waals surface area contributed by atoms with Gasteiger partial charge >= 0.3 is 6.03 Å². The third-order valence-electron chi connectivity index (χ3n) is 4.63. The van der Waals surface area contributed by atoms with Crippen molar-refractivity contribution in [2.45, 2.75) is 13.8 Å². The van der Waals surface area contributed by atoms with E-state index >= 15 is 0 Å². The normalized spacial score (nSPS) is 10.7. The van der Waals surface area contributed by atoms with Crippen LogP contribution in [0.3, 0.4) is 0 Å². The van der Waals surface area contributed by atoms with Gasteiger partial charge in [-0.15, -0.1) is 0 Å². The molecule has 8 heteroatoms. The van der Waals surface area contributed by atoms with Crippen LogP contribution in [0, 0.1) is 13.8 Å². The maximum Gasteiger partial charge on any atom is 0.323 e. The van der Waals surface area contributed by atoms with Crippen molar-refractivity contribution >= 4 is 61.6 Å². The van der Waals surface area contributed by atoms with Crippen LogP contribution in [0.5, 0.6) is 0 Å². The minimum Gasteiger partial charge on any atom is -0.308 e. The van der Waals surface area contributed by atoms with Crippen LogP contribution in [0.25, 0.3) is 10.2 Å². The van der Waals surface area contributed by atoms with Crippen LogP contribution in [-0.2, 0) is 0 Å². The Kier molecular flexibility index (Phi) is 5.88. The third-order valence-corrected chi connectivity index (χ3v) is 5.95. The number of amides is 3. The summed E-state index contributed by atoms with van der Waals surface area (Å²) in [5.41, 5.74) is 4.41. The Morgan fingerprint density at radius 3 is 2.35 bits per heavy atom. The molecule has 3 aromatic carbocycles. The van der Waals surface area contributed by atoms with Crippen molar-refractivity contribution in [2.75, 3.05) is 16.0 Å². The monoisotopic (exact) mass is 450 g/mol. The Balaban J connectivity index is 1.49. The van der Waals surface area contributed by atoms with Gasteiger partial charge in [0.05, 0.1) is 10.2 Å². The molecule has 4 aromatic rings. The predicted molar refractivity (Wildman–Crippen MR) is 128 cm³/mol. The van der Waals surface area contributed by atoms with Gasteiger partial charge in [0, 0.05) is 22.0 Å². The number of urea groups is 1. The Labute approximate surface area is 188 Å². The maximum atomic E-state index is 12.4. The quantitative estimate of drug-likeness (QED) is 0.333. The molecule has 0 spiro atoms. The molecule has 0 bridgehead atoms. The molecule has 1 aromatic heterocycles. The van der Waals surface area contributed by atoms with Crippen LogP contribution in [0.2, 0.25) is 5.02 Å². The summed E-state index contributed by atoms with van der Waals surface area (Å²) < 4.78 is 0.858. The standard InChI is InChI=1S/C23H19ClN4O2S/c1-13-8-9-16(11-18(13)24)25-22(30)26-17-10-14(2)20-19(12-17)31-23(27-20)28-21(29)15-6-4-3-5-7-15/h3-12H,1-2H3,(H2,25,26,30)(H,27,28,29). The number of benzene rings is 3. The highest BCUT2D eigenvalue weighted by molar-refractivity contribution is 7.22. The van der Waals surface area contributed by atoms with Gasteiger partial charge in [0.2, 0.25) is 0 Å². The molecule has 0 radical (unpaired) electrons. The van der Waals surface area contributed by atoms with Crippen LogP contribution < -0.4 is 16.0 Å². The number of hydrogen-bond acceptors (Lipinski definition) is 4. The molecule has 156 valence electrons. The predicted octanol–water partition coefficient (Wildman–Crippen LogP) is 6.46. The van der Waals surface area contributed by atoms with E-state index in [2.05, 4.69) is 20.9 Å². The van der Waals surface area contributed by atoms with Crippen molar-refractivity contribution in [2.24, 2.45) is 0 Å². The van der Waals surface area contributed by atoms with Gasteiger partial charge in [-0.2, -0.15) is 0 Å². The topological polar surface area (TPSA) is 83.1 Å². The zero-order valence-corrected chi connectivity index (χ0v) is 18.4. The molecular formula is C23H19ClN4O2S. The third kappa shape index (κ3) is 4.84. The zero-order chi connectivity index (χ0) is 22.0. The number of fused-ring (bicyclic) bond motifs is 1. The minimum atomic E-state index is -0.374. The average Bonchev–Trinajstić information content (AvgIpc) is 3.14. The largest absolute Gasteiger partial charge is 0.323 e. The fourth-order valence-electron chi connectivity index (χ4n) is 3.05. The Morgan fingerprint density at radius 2 is 1.61 bits per heavy atom. The molecule has 31 heavy (non-hydrogen) atoms. The second kappa shape index (κ2) is 8.75. The molecule has 3 amide bonds. The molecule has 4 rings (SSSR count). The van der Waals surface area contributed by atoms with Crippen LogP contribution in [-0.4, -0.2) is 16.9 Å². The van der Waals surface area contributed by atoms with E-state index in [4.69, 9.17) is 11.6 Å². The lowest BCUT2D eigenvalue weighted by molar-refractivity contribution is 0.102. The van der Waals surface area contributed by atoms with Crippen molar-refractivity contribution < 1.29 is 9.59 Å². The second-order valence-electron chi connectivity index (χ2n) is 7.02. The molecule has 0 saturated heterocycles. The second-order valence-corrected chi connectivity index (χ2v) is 8.46. The number of carbonyl (C=O) groups excluding carboxylic acids is 2. The molecule has 0 aliphatic rings. The molecular weight excluding hydrogens is 432 g/mol. The fraction of sp³-hybridized carbons (Fsp3) is 0.0870. The van der Waals surface area contributed by atoms with Gasteiger partial charge in [0.25, 0.3) is 5.91 Å². The van der Waals surface area contributed by atoms with E-state index in [1.165, 1.54) is 11.3 Å². The van der Waals surface area contributed by atoms with E-state index in [0.29, 0.717) is 27.1 Å². The zero-order valence-electron chi connectivity index (χ0n) is 16.8. The molecule has 6 nitrogen and oxygen atoms in total. The summed E-state index contributed by atoms with van der Waals surface area (Å²) in [6.07, 6.45) is 0. The summed E-state index contributed by atoms with van der Waals surface area (Å²) in [5.74, 6) is -0.216. The van der Waals surface area contributed by atoms with E-state index in [0.717, 1.165) is 21.3 Å². The number of rotatable bonds is 4. The lowest BCUT2D eigenvalue weighted by atomic mass is 10.2. The van der Waals surface area contributed by atoms with Crippen molar-refractivity contribution in [1.82, 2.24) is 4.98 Å². The van der Waals surface area contributed by atoms with Gasteiger partial charge in [0.15, 0.2) is 5.13 Å². The van der Waals surface area contributed by atoms with Gasteiger partial charge in [-0.1, -0.05) is 47.2 Å². The first kappa shape index (κ1) is 20.8. The van der Waals surface area contributed by atoms with Crippen LogP contribution >= 0.6 is 22.9 Å². The molecule has 0 atom stereocenters. The summed E-state index contributed by atoms with van der Waals surface area (Å²) in [4.78, 5) is 29.3. The number of hydrogen-bond donors (Lipinski definition) is 3. The SMILES string of the molecule is Cc1ccc(NC(=O)Nc2cc(C)c3nc(NC(=O)c4ccccc4)sc3c2)cc1Cl. The number of aromatic nitrogens is 1. The van der Waals surface area contributed by atoms with E-state index in [1.807, 2.05) is 50.2 Å². The average molecular weight is 451 g/mol. The van der Waals surface area contributed by atoms with Gasteiger partial charge in [-0.05, 0) is 61.4 Å². The van der Waals surface area contributed by atoms with Crippen LogP contribution in [0.1, 0.15) is 21.5 Å². The molecule has 0 fully saturated rings. The highest BCUT2D eigenvalue weighted by atomic mass is 35.5. The van der Waals surface area contributed by atoms with Crippen molar-refractivity contribution in [3.8, 4) is 0 Å². The van der Waals surface area contributed by atoms with Crippen LogP contribution in [0.4, 0.5) is 21.3 Å². The van der Waals surface area contributed by atoms with Crippen molar-refractivity contribution in [1.29, 1.82) is 0 Å². The van der Waals surface area contributed by atoms with E-state index in [1.54, 1.807) is 24.3 Å². The summed E-state index contributed by atoms with van der Waals surface area (Å²) in [5, 5.41) is 9.53. The molecule has 0 unspecified atom stereocenters. The van der Waals surface area contributed by atoms with Gasteiger partial charge in [0.1, 0.15) is 0 Å². The van der Waals surface area contributed by atoms with Gasteiger partial charge < -0.3 is 10.6 Å². The van der Waals surface area contributed by atoms with Crippen molar-refractivity contribution in [3.63, 3.8) is 0 Å². The fourth-order valence-corrected chi connectivity index (χ4v) is 4.20. The smallest absolute Gasteiger partial charge is 0.308 e. The number of nitrogens with one attached hydrogen (secondary N) is 3. The summed E-state index contributed by atoms with van der Waals surface area (Å²) in [7, 11) is 0. The maximum absolute atomic E-state index is 12.4. The summed E-state index contributed by atoms with van der Waals surface area (Å²) in [6, 6.07) is 17.6. The first-order valence-corrected chi connectivity index (χ1v) is 10.7. The highest BCUT2D eigenvalue weighted by Gasteiger charge is 2.13. The summed E-state index contributed by atoms with van der Waals surface area (Å²) >= 11 is 7.46. The number of nitrogens with zero attached hydrogens (tertiary/aromatic N) is 1. The van der Waals surface area contributed by atoms with E-state index < -0.39 is 0 Å². The lowest BCUT2D eigenvalue weighted by Crippen LogP contribution is -2.19. The molecule has 0 aliphatic heterocycles. The number of halogens is 1. The number of aryl methyl sites for hydroxylation is 2. The van der Waals surface area contributed by atoms with Crippen LogP contribution in [0.15, 0.2) is 60.7 Å². The number of thiazole rings is 1.